The minimum Gasteiger partial charge on any atom is -0.381 e. The van der Waals surface area contributed by atoms with Crippen molar-refractivity contribution in [1.82, 2.24) is 4.98 Å². The molecule has 0 saturated carbocycles. The molecule has 1 N–H and O–H groups in total. The van der Waals surface area contributed by atoms with Crippen LogP contribution in [-0.2, 0) is 5.41 Å². The molecule has 0 unspecified atom stereocenters. The van der Waals surface area contributed by atoms with Crippen molar-refractivity contribution in [1.29, 1.82) is 0 Å². The van der Waals surface area contributed by atoms with E-state index in [0.29, 0.717) is 6.04 Å². The minimum absolute atomic E-state index is 0.137. The second-order valence-corrected chi connectivity index (χ2v) is 6.11. The van der Waals surface area contributed by atoms with Gasteiger partial charge in [-0.1, -0.05) is 32.9 Å². The Morgan fingerprint density at radius 3 is 2.44 bits per heavy atom. The van der Waals surface area contributed by atoms with E-state index in [9.17, 15) is 0 Å². The lowest BCUT2D eigenvalue weighted by atomic mass is 9.84. The zero-order valence-electron chi connectivity index (χ0n) is 11.9. The Balaban J connectivity index is 2.66. The number of fused-ring (bicyclic) bond motifs is 1. The first-order valence-electron chi connectivity index (χ1n) is 6.54. The molecule has 0 bridgehead atoms. The molecule has 2 nitrogen and oxygen atoms in total. The molecule has 0 spiro atoms. The first-order chi connectivity index (χ1) is 8.39. The Hall–Kier alpha value is -1.57. The zero-order valence-corrected chi connectivity index (χ0v) is 11.9. The van der Waals surface area contributed by atoms with Crippen molar-refractivity contribution in [2.75, 3.05) is 5.32 Å². The molecular formula is C16H22N2. The molecule has 2 aromatic rings. The van der Waals surface area contributed by atoms with E-state index in [2.05, 4.69) is 63.1 Å². The van der Waals surface area contributed by atoms with Crippen LogP contribution in [0.4, 0.5) is 5.69 Å². The monoisotopic (exact) mass is 242 g/mol. The highest BCUT2D eigenvalue weighted by molar-refractivity contribution is 5.93. The number of rotatable bonds is 2. The molecule has 0 fully saturated rings. The second-order valence-electron chi connectivity index (χ2n) is 6.11. The Morgan fingerprint density at radius 1 is 1.11 bits per heavy atom. The summed E-state index contributed by atoms with van der Waals surface area (Å²) in [6.07, 6.45) is 1.86. The molecule has 2 heteroatoms. The molecule has 0 radical (unpaired) electrons. The molecule has 0 aliphatic carbocycles. The van der Waals surface area contributed by atoms with Crippen LogP contribution in [0.3, 0.4) is 0 Å². The normalized spacial score (nSPS) is 12.1. The van der Waals surface area contributed by atoms with Crippen molar-refractivity contribution in [3.05, 3.63) is 36.0 Å². The number of hydrogen-bond acceptors (Lipinski definition) is 2. The number of aromatic nitrogens is 1. The van der Waals surface area contributed by atoms with Crippen molar-refractivity contribution in [2.24, 2.45) is 0 Å². The first kappa shape index (κ1) is 12.9. The summed E-state index contributed by atoms with van der Waals surface area (Å²) in [4.78, 5) is 4.55. The average molecular weight is 242 g/mol. The molecule has 18 heavy (non-hydrogen) atoms. The molecule has 1 aromatic carbocycles. The van der Waals surface area contributed by atoms with Crippen molar-refractivity contribution >= 4 is 16.6 Å². The summed E-state index contributed by atoms with van der Waals surface area (Å²) in [6, 6.07) is 8.95. The Kier molecular flexibility index (Phi) is 3.29. The van der Waals surface area contributed by atoms with Gasteiger partial charge in [-0.3, -0.25) is 4.98 Å². The summed E-state index contributed by atoms with van der Waals surface area (Å²) in [5.41, 5.74) is 3.67. The second kappa shape index (κ2) is 4.60. The van der Waals surface area contributed by atoms with E-state index in [0.717, 1.165) is 11.2 Å². The van der Waals surface area contributed by atoms with E-state index < -0.39 is 0 Å². The molecule has 0 aliphatic heterocycles. The fraction of sp³-hybridized carbons (Fsp3) is 0.438. The van der Waals surface area contributed by atoms with Crippen LogP contribution >= 0.6 is 0 Å². The van der Waals surface area contributed by atoms with Gasteiger partial charge in [-0.2, -0.15) is 0 Å². The molecule has 1 aromatic heterocycles. The number of benzene rings is 1. The van der Waals surface area contributed by atoms with Gasteiger partial charge in [-0.05, 0) is 37.0 Å². The zero-order chi connectivity index (χ0) is 13.3. The van der Waals surface area contributed by atoms with E-state index >= 15 is 0 Å². The number of nitrogens with one attached hydrogen (secondary N) is 1. The lowest BCUT2D eigenvalue weighted by Gasteiger charge is -2.23. The maximum absolute atomic E-state index is 4.55. The summed E-state index contributed by atoms with van der Waals surface area (Å²) in [5, 5.41) is 4.71. The lowest BCUT2D eigenvalue weighted by Crippen LogP contribution is -2.14. The van der Waals surface area contributed by atoms with Gasteiger partial charge in [0.1, 0.15) is 0 Å². The van der Waals surface area contributed by atoms with Crippen LogP contribution in [0.15, 0.2) is 30.5 Å². The third kappa shape index (κ3) is 2.47. The van der Waals surface area contributed by atoms with Crippen LogP contribution in [0.25, 0.3) is 10.9 Å². The summed E-state index contributed by atoms with van der Waals surface area (Å²) in [5.74, 6) is 0. The Bertz CT molecular complexity index is 551. The van der Waals surface area contributed by atoms with Gasteiger partial charge >= 0.3 is 0 Å². The van der Waals surface area contributed by atoms with Gasteiger partial charge in [-0.15, -0.1) is 0 Å². The standard InChI is InChI=1S/C16H22N2/c1-11(2)18-14-9-8-13(16(3,4)5)12-7-6-10-17-15(12)14/h6-11,18H,1-5H3. The highest BCUT2D eigenvalue weighted by Gasteiger charge is 2.18. The topological polar surface area (TPSA) is 24.9 Å². The molecule has 0 aliphatic rings. The van der Waals surface area contributed by atoms with Crippen LogP contribution in [0.2, 0.25) is 0 Å². The number of nitrogens with zero attached hydrogens (tertiary/aromatic N) is 1. The van der Waals surface area contributed by atoms with Gasteiger partial charge in [0.2, 0.25) is 0 Å². The van der Waals surface area contributed by atoms with Gasteiger partial charge < -0.3 is 5.32 Å². The summed E-state index contributed by atoms with van der Waals surface area (Å²) >= 11 is 0. The molecule has 0 saturated heterocycles. The molecular weight excluding hydrogens is 220 g/mol. The highest BCUT2D eigenvalue weighted by Crippen LogP contribution is 2.32. The maximum atomic E-state index is 4.55. The predicted octanol–water partition coefficient (Wildman–Crippen LogP) is 4.35. The summed E-state index contributed by atoms with van der Waals surface area (Å²) < 4.78 is 0. The van der Waals surface area contributed by atoms with E-state index in [1.807, 2.05) is 12.3 Å². The van der Waals surface area contributed by atoms with Gasteiger partial charge in [-0.25, -0.2) is 0 Å². The van der Waals surface area contributed by atoms with E-state index in [1.165, 1.54) is 10.9 Å². The van der Waals surface area contributed by atoms with Crippen LogP contribution in [-0.4, -0.2) is 11.0 Å². The SMILES string of the molecule is CC(C)Nc1ccc(C(C)(C)C)c2cccnc12. The molecule has 0 atom stereocenters. The molecule has 2 rings (SSSR count). The number of anilines is 1. The Morgan fingerprint density at radius 2 is 1.83 bits per heavy atom. The maximum Gasteiger partial charge on any atom is 0.0936 e. The predicted molar refractivity (Wildman–Crippen MR) is 79.2 cm³/mol. The van der Waals surface area contributed by atoms with Crippen LogP contribution in [0.1, 0.15) is 40.2 Å². The average Bonchev–Trinajstić information content (AvgIpc) is 2.27. The minimum atomic E-state index is 0.137. The van der Waals surface area contributed by atoms with Crippen molar-refractivity contribution < 1.29 is 0 Å². The van der Waals surface area contributed by atoms with E-state index in [4.69, 9.17) is 0 Å². The van der Waals surface area contributed by atoms with E-state index in [1.54, 1.807) is 0 Å². The Labute approximate surface area is 109 Å². The van der Waals surface area contributed by atoms with Gasteiger partial charge in [0.15, 0.2) is 0 Å². The number of pyridine rings is 1. The fourth-order valence-electron chi connectivity index (χ4n) is 2.25. The summed E-state index contributed by atoms with van der Waals surface area (Å²) in [7, 11) is 0. The van der Waals surface area contributed by atoms with Gasteiger partial charge in [0.25, 0.3) is 0 Å². The van der Waals surface area contributed by atoms with Gasteiger partial charge in [0, 0.05) is 17.6 Å². The summed E-state index contributed by atoms with van der Waals surface area (Å²) in [6.45, 7) is 11.0. The van der Waals surface area contributed by atoms with Crippen LogP contribution < -0.4 is 5.32 Å². The number of hydrogen-bond donors (Lipinski definition) is 1. The smallest absolute Gasteiger partial charge is 0.0936 e. The lowest BCUT2D eigenvalue weighted by molar-refractivity contribution is 0.596. The molecule has 96 valence electrons. The van der Waals surface area contributed by atoms with Crippen molar-refractivity contribution in [2.45, 2.75) is 46.1 Å². The van der Waals surface area contributed by atoms with Crippen LogP contribution in [0.5, 0.6) is 0 Å². The highest BCUT2D eigenvalue weighted by atomic mass is 14.9. The molecule has 0 amide bonds. The third-order valence-corrected chi connectivity index (χ3v) is 3.02. The molecule has 1 heterocycles. The quantitative estimate of drug-likeness (QED) is 0.846. The van der Waals surface area contributed by atoms with Crippen LogP contribution in [0, 0.1) is 0 Å². The van der Waals surface area contributed by atoms with Crippen molar-refractivity contribution in [3.8, 4) is 0 Å². The van der Waals surface area contributed by atoms with Gasteiger partial charge in [0.05, 0.1) is 11.2 Å². The largest absolute Gasteiger partial charge is 0.381 e. The first-order valence-corrected chi connectivity index (χ1v) is 6.54. The fourth-order valence-corrected chi connectivity index (χ4v) is 2.25. The van der Waals surface area contributed by atoms with Crippen molar-refractivity contribution in [3.63, 3.8) is 0 Å². The third-order valence-electron chi connectivity index (χ3n) is 3.02. The van der Waals surface area contributed by atoms with E-state index in [-0.39, 0.29) is 5.41 Å².